The van der Waals surface area contributed by atoms with Crippen molar-refractivity contribution in [2.75, 3.05) is 6.61 Å². The number of hydroxylamine groups is 1. The number of carbonyl (C=O) groups is 1. The van der Waals surface area contributed by atoms with Crippen LogP contribution >= 0.6 is 0 Å². The molecule has 1 atom stereocenters. The van der Waals surface area contributed by atoms with Gasteiger partial charge in [0.05, 0.1) is 0 Å². The van der Waals surface area contributed by atoms with Gasteiger partial charge in [0.25, 0.3) is 0 Å². The van der Waals surface area contributed by atoms with Crippen molar-refractivity contribution in [1.82, 2.24) is 10.5 Å². The first kappa shape index (κ1) is 23.3. The van der Waals surface area contributed by atoms with Crippen molar-refractivity contribution < 1.29 is 19.5 Å². The summed E-state index contributed by atoms with van der Waals surface area (Å²) in [7, 11) is 0. The zero-order valence-electron chi connectivity index (χ0n) is 19.1. The molecule has 4 rings (SSSR count). The van der Waals surface area contributed by atoms with Crippen LogP contribution in [0.25, 0.3) is 6.08 Å². The van der Waals surface area contributed by atoms with Gasteiger partial charge in [-0.15, -0.1) is 0 Å². The number of benzene rings is 2. The van der Waals surface area contributed by atoms with Crippen molar-refractivity contribution in [3.8, 4) is 5.75 Å². The average Bonchev–Trinajstić information content (AvgIpc) is 2.88. The number of carboxylic acids is 1. The molecule has 1 aliphatic rings. The van der Waals surface area contributed by atoms with Crippen LogP contribution in [0.5, 0.6) is 5.75 Å². The van der Waals surface area contributed by atoms with Crippen LogP contribution in [0.1, 0.15) is 48.1 Å². The first-order valence-electron chi connectivity index (χ1n) is 11.4. The van der Waals surface area contributed by atoms with Crippen molar-refractivity contribution >= 4 is 12.0 Å². The number of ether oxygens (including phenoxy) is 1. The Morgan fingerprint density at radius 3 is 2.56 bits per heavy atom. The fraction of sp³-hybridized carbons (Fsp3) is 0.214. The van der Waals surface area contributed by atoms with E-state index in [9.17, 15) is 4.79 Å². The van der Waals surface area contributed by atoms with Gasteiger partial charge in [0.1, 0.15) is 11.9 Å². The summed E-state index contributed by atoms with van der Waals surface area (Å²) in [5.41, 5.74) is 9.51. The highest BCUT2D eigenvalue weighted by molar-refractivity contribution is 5.69. The fourth-order valence-electron chi connectivity index (χ4n) is 3.97. The van der Waals surface area contributed by atoms with E-state index in [2.05, 4.69) is 29.5 Å². The Kier molecular flexibility index (Phi) is 7.73. The SMILES string of the molecule is CCC(=CC1=Cc2cccc(OCC(=O)O)c2CC1)NOC(c1ccccc1)c1ccncc1. The van der Waals surface area contributed by atoms with E-state index in [1.807, 2.05) is 60.7 Å². The molecule has 0 aliphatic heterocycles. The van der Waals surface area contributed by atoms with Gasteiger partial charge in [0.2, 0.25) is 0 Å². The summed E-state index contributed by atoms with van der Waals surface area (Å²) < 4.78 is 5.47. The van der Waals surface area contributed by atoms with Crippen molar-refractivity contribution in [3.63, 3.8) is 0 Å². The van der Waals surface area contributed by atoms with E-state index < -0.39 is 5.97 Å². The van der Waals surface area contributed by atoms with Crippen LogP contribution in [0.4, 0.5) is 0 Å². The molecule has 6 heteroatoms. The predicted octanol–water partition coefficient (Wildman–Crippen LogP) is 5.48. The third-order valence-electron chi connectivity index (χ3n) is 5.68. The van der Waals surface area contributed by atoms with Gasteiger partial charge in [-0.05, 0) is 65.8 Å². The summed E-state index contributed by atoms with van der Waals surface area (Å²) in [6, 6.07) is 19.7. The van der Waals surface area contributed by atoms with Crippen molar-refractivity contribution in [2.45, 2.75) is 32.3 Å². The molecule has 0 amide bonds. The molecule has 0 saturated heterocycles. The molecule has 3 aromatic rings. The maximum Gasteiger partial charge on any atom is 0.341 e. The number of nitrogens with one attached hydrogen (secondary N) is 1. The largest absolute Gasteiger partial charge is 0.482 e. The summed E-state index contributed by atoms with van der Waals surface area (Å²) in [4.78, 5) is 21.2. The topological polar surface area (TPSA) is 80.7 Å². The Hall–Kier alpha value is -3.90. The molecule has 34 heavy (non-hydrogen) atoms. The number of hydrogen-bond acceptors (Lipinski definition) is 5. The zero-order valence-corrected chi connectivity index (χ0v) is 19.1. The van der Waals surface area contributed by atoms with Gasteiger partial charge < -0.3 is 9.84 Å². The number of allylic oxidation sites excluding steroid dienone is 3. The average molecular weight is 457 g/mol. The standard InChI is InChI=1S/C28H28N2O4/c1-2-24(30-34-28(21-7-4-3-5-8-21)22-13-15-29-16-14-22)18-20-11-12-25-23(17-20)9-6-10-26(25)33-19-27(31)32/h3-10,13-18,28,30H,2,11-12,19H2,1H3,(H,31,32). The summed E-state index contributed by atoms with van der Waals surface area (Å²) in [5.74, 6) is -0.341. The highest BCUT2D eigenvalue weighted by Gasteiger charge is 2.17. The fourth-order valence-corrected chi connectivity index (χ4v) is 3.97. The van der Waals surface area contributed by atoms with E-state index in [0.29, 0.717) is 5.75 Å². The highest BCUT2D eigenvalue weighted by atomic mass is 16.7. The van der Waals surface area contributed by atoms with Gasteiger partial charge >= 0.3 is 5.97 Å². The third-order valence-corrected chi connectivity index (χ3v) is 5.68. The molecule has 0 bridgehead atoms. The van der Waals surface area contributed by atoms with Crippen LogP contribution in [-0.2, 0) is 16.1 Å². The lowest BCUT2D eigenvalue weighted by molar-refractivity contribution is -0.139. The lowest BCUT2D eigenvalue weighted by atomic mass is 9.91. The maximum absolute atomic E-state index is 10.9. The number of pyridine rings is 1. The predicted molar refractivity (Wildman–Crippen MR) is 131 cm³/mol. The quantitative estimate of drug-likeness (QED) is 0.393. The van der Waals surface area contributed by atoms with Crippen molar-refractivity contribution in [1.29, 1.82) is 0 Å². The minimum atomic E-state index is -0.980. The van der Waals surface area contributed by atoms with Gasteiger partial charge in [-0.1, -0.05) is 55.5 Å². The number of carboxylic acid groups (broad SMARTS) is 1. The molecule has 0 radical (unpaired) electrons. The number of aliphatic carboxylic acids is 1. The Bertz CT molecular complexity index is 1130. The van der Waals surface area contributed by atoms with E-state index in [1.54, 1.807) is 12.4 Å². The van der Waals surface area contributed by atoms with Crippen LogP contribution in [0.2, 0.25) is 0 Å². The number of aromatic nitrogens is 1. The zero-order chi connectivity index (χ0) is 23.8. The first-order valence-corrected chi connectivity index (χ1v) is 11.4. The highest BCUT2D eigenvalue weighted by Crippen LogP contribution is 2.32. The Balaban J connectivity index is 1.51. The molecule has 1 unspecified atom stereocenters. The summed E-state index contributed by atoms with van der Waals surface area (Å²) in [5, 5.41) is 8.92. The van der Waals surface area contributed by atoms with Gasteiger partial charge in [-0.2, -0.15) is 0 Å². The van der Waals surface area contributed by atoms with Gasteiger partial charge in [-0.25, -0.2) is 4.79 Å². The second-order valence-electron chi connectivity index (χ2n) is 8.04. The minimum absolute atomic E-state index is 0.269. The molecule has 6 nitrogen and oxygen atoms in total. The van der Waals surface area contributed by atoms with Crippen LogP contribution in [0, 0.1) is 0 Å². The van der Waals surface area contributed by atoms with Crippen LogP contribution < -0.4 is 10.2 Å². The Morgan fingerprint density at radius 2 is 1.82 bits per heavy atom. The van der Waals surface area contributed by atoms with Crippen LogP contribution in [0.3, 0.4) is 0 Å². The first-order chi connectivity index (χ1) is 16.6. The van der Waals surface area contributed by atoms with Crippen molar-refractivity contribution in [3.05, 3.63) is 113 Å². The summed E-state index contributed by atoms with van der Waals surface area (Å²) >= 11 is 0. The molecular formula is C28H28N2O4. The molecule has 1 aromatic heterocycles. The molecule has 0 spiro atoms. The second kappa shape index (κ2) is 11.3. The molecular weight excluding hydrogens is 428 g/mol. The minimum Gasteiger partial charge on any atom is -0.482 e. The molecule has 0 fully saturated rings. The Labute approximate surface area is 199 Å². The summed E-state index contributed by atoms with van der Waals surface area (Å²) in [6.45, 7) is 1.75. The van der Waals surface area contributed by atoms with E-state index in [4.69, 9.17) is 14.7 Å². The molecule has 1 aliphatic carbocycles. The lowest BCUT2D eigenvalue weighted by Crippen LogP contribution is -2.19. The van der Waals surface area contributed by atoms with E-state index in [0.717, 1.165) is 47.2 Å². The maximum atomic E-state index is 10.9. The molecule has 2 N–H and O–H groups in total. The van der Waals surface area contributed by atoms with E-state index in [1.165, 1.54) is 5.57 Å². The van der Waals surface area contributed by atoms with Gasteiger partial charge in [0.15, 0.2) is 6.61 Å². The number of fused-ring (bicyclic) bond motifs is 1. The van der Waals surface area contributed by atoms with E-state index >= 15 is 0 Å². The van der Waals surface area contributed by atoms with E-state index in [-0.39, 0.29) is 12.7 Å². The van der Waals surface area contributed by atoms with Gasteiger partial charge in [0, 0.05) is 23.7 Å². The van der Waals surface area contributed by atoms with Crippen molar-refractivity contribution in [2.24, 2.45) is 0 Å². The molecule has 174 valence electrons. The lowest BCUT2D eigenvalue weighted by Gasteiger charge is -2.21. The number of nitrogens with zero attached hydrogens (tertiary/aromatic N) is 1. The van der Waals surface area contributed by atoms with Gasteiger partial charge in [-0.3, -0.25) is 15.3 Å². The summed E-state index contributed by atoms with van der Waals surface area (Å²) in [6.07, 6.45) is 9.92. The second-order valence-corrected chi connectivity index (χ2v) is 8.04. The molecule has 0 saturated carbocycles. The smallest absolute Gasteiger partial charge is 0.341 e. The molecule has 1 heterocycles. The molecule has 2 aromatic carbocycles. The normalized spacial score (nSPS) is 14.0. The Morgan fingerprint density at radius 1 is 1.06 bits per heavy atom. The number of rotatable bonds is 10. The van der Waals surface area contributed by atoms with Crippen LogP contribution in [-0.4, -0.2) is 22.7 Å². The third kappa shape index (κ3) is 5.91. The van der Waals surface area contributed by atoms with Crippen LogP contribution in [0.15, 0.2) is 90.4 Å². The monoisotopic (exact) mass is 456 g/mol. The number of hydrogen-bond donors (Lipinski definition) is 2.